The van der Waals surface area contributed by atoms with Gasteiger partial charge in [0.05, 0.1) is 5.56 Å². The van der Waals surface area contributed by atoms with Gasteiger partial charge in [-0.3, -0.25) is 10.1 Å². The molecule has 18 heavy (non-hydrogen) atoms. The van der Waals surface area contributed by atoms with Gasteiger partial charge < -0.3 is 5.32 Å². The quantitative estimate of drug-likeness (QED) is 0.902. The molecular formula is C12H12ClN3OS. The molecule has 0 fully saturated rings. The highest BCUT2D eigenvalue weighted by atomic mass is 35.5. The Balaban J connectivity index is 2.25. The molecule has 6 heteroatoms. The third kappa shape index (κ3) is 3.00. The van der Waals surface area contributed by atoms with Crippen LogP contribution in [0.2, 0.25) is 5.02 Å². The molecule has 1 aromatic carbocycles. The summed E-state index contributed by atoms with van der Waals surface area (Å²) in [6, 6.07) is 5.19. The van der Waals surface area contributed by atoms with E-state index in [1.807, 2.05) is 6.92 Å². The standard InChI is InChI=1S/C12H12ClN3OS/c1-2-14-10-4-3-8(13)7-9(10)11(17)16-12-15-5-6-18-12/h3-7,14H,2H2,1H3,(H,15,16,17). The smallest absolute Gasteiger partial charge is 0.259 e. The van der Waals surface area contributed by atoms with Crippen LogP contribution in [0.5, 0.6) is 0 Å². The van der Waals surface area contributed by atoms with Crippen LogP contribution in [-0.2, 0) is 0 Å². The zero-order chi connectivity index (χ0) is 13.0. The summed E-state index contributed by atoms with van der Waals surface area (Å²) >= 11 is 7.30. The summed E-state index contributed by atoms with van der Waals surface area (Å²) in [4.78, 5) is 16.1. The highest BCUT2D eigenvalue weighted by Gasteiger charge is 2.12. The van der Waals surface area contributed by atoms with Crippen LogP contribution < -0.4 is 10.6 Å². The first-order valence-electron chi connectivity index (χ1n) is 5.45. The first kappa shape index (κ1) is 12.9. The number of halogens is 1. The van der Waals surface area contributed by atoms with Crippen LogP contribution in [-0.4, -0.2) is 17.4 Å². The minimum atomic E-state index is -0.219. The Labute approximate surface area is 114 Å². The first-order chi connectivity index (χ1) is 8.70. The summed E-state index contributed by atoms with van der Waals surface area (Å²) in [7, 11) is 0. The van der Waals surface area contributed by atoms with Crippen LogP contribution in [0.15, 0.2) is 29.8 Å². The van der Waals surface area contributed by atoms with E-state index >= 15 is 0 Å². The van der Waals surface area contributed by atoms with Gasteiger partial charge in [0.15, 0.2) is 5.13 Å². The van der Waals surface area contributed by atoms with Crippen LogP contribution >= 0.6 is 22.9 Å². The molecule has 0 saturated carbocycles. The van der Waals surface area contributed by atoms with E-state index in [4.69, 9.17) is 11.6 Å². The fourth-order valence-electron chi connectivity index (χ4n) is 1.50. The van der Waals surface area contributed by atoms with Gasteiger partial charge in [-0.25, -0.2) is 4.98 Å². The maximum atomic E-state index is 12.1. The predicted molar refractivity (Wildman–Crippen MR) is 75.7 cm³/mol. The molecule has 2 aromatic rings. The average Bonchev–Trinajstić information content (AvgIpc) is 2.84. The van der Waals surface area contributed by atoms with Gasteiger partial charge >= 0.3 is 0 Å². The second-order valence-electron chi connectivity index (χ2n) is 3.51. The third-order valence-corrected chi connectivity index (χ3v) is 3.17. The number of aromatic nitrogens is 1. The molecule has 0 aliphatic carbocycles. The number of amides is 1. The van der Waals surface area contributed by atoms with Crippen molar-refractivity contribution in [2.24, 2.45) is 0 Å². The number of thiazole rings is 1. The normalized spacial score (nSPS) is 10.1. The maximum Gasteiger partial charge on any atom is 0.259 e. The number of rotatable bonds is 4. The number of benzene rings is 1. The summed E-state index contributed by atoms with van der Waals surface area (Å²) in [5.41, 5.74) is 1.27. The molecule has 0 aliphatic heterocycles. The molecule has 0 unspecified atom stereocenters. The van der Waals surface area contributed by atoms with E-state index in [1.165, 1.54) is 11.3 Å². The van der Waals surface area contributed by atoms with Gasteiger partial charge in [-0.15, -0.1) is 11.3 Å². The van der Waals surface area contributed by atoms with Crippen molar-refractivity contribution in [1.82, 2.24) is 4.98 Å². The number of hydrogen-bond acceptors (Lipinski definition) is 4. The third-order valence-electron chi connectivity index (χ3n) is 2.25. The van der Waals surface area contributed by atoms with Gasteiger partial charge in [0.25, 0.3) is 5.91 Å². The van der Waals surface area contributed by atoms with Crippen LogP contribution in [0.1, 0.15) is 17.3 Å². The molecule has 0 aliphatic rings. The Hall–Kier alpha value is -1.59. The minimum Gasteiger partial charge on any atom is -0.385 e. The van der Waals surface area contributed by atoms with Gasteiger partial charge in [0, 0.05) is 28.8 Å². The lowest BCUT2D eigenvalue weighted by molar-refractivity contribution is 0.102. The fraction of sp³-hybridized carbons (Fsp3) is 0.167. The van der Waals surface area contributed by atoms with Crippen molar-refractivity contribution in [3.63, 3.8) is 0 Å². The molecule has 1 amide bonds. The molecule has 94 valence electrons. The lowest BCUT2D eigenvalue weighted by atomic mass is 10.1. The van der Waals surface area contributed by atoms with Crippen molar-refractivity contribution in [3.05, 3.63) is 40.4 Å². The second kappa shape index (κ2) is 5.84. The molecule has 0 spiro atoms. The minimum absolute atomic E-state index is 0.219. The Morgan fingerprint density at radius 3 is 3.00 bits per heavy atom. The van der Waals surface area contributed by atoms with Gasteiger partial charge in [0.1, 0.15) is 0 Å². The molecule has 1 heterocycles. The van der Waals surface area contributed by atoms with Crippen molar-refractivity contribution in [1.29, 1.82) is 0 Å². The average molecular weight is 282 g/mol. The Morgan fingerprint density at radius 1 is 1.50 bits per heavy atom. The first-order valence-corrected chi connectivity index (χ1v) is 6.70. The maximum absolute atomic E-state index is 12.1. The predicted octanol–water partition coefficient (Wildman–Crippen LogP) is 3.48. The number of anilines is 2. The molecule has 0 radical (unpaired) electrons. The number of nitrogens with one attached hydrogen (secondary N) is 2. The molecular weight excluding hydrogens is 270 g/mol. The number of carbonyl (C=O) groups is 1. The molecule has 2 rings (SSSR count). The van der Waals surface area contributed by atoms with Gasteiger partial charge in [-0.05, 0) is 25.1 Å². The van der Waals surface area contributed by atoms with Crippen LogP contribution in [0.4, 0.5) is 10.8 Å². The SMILES string of the molecule is CCNc1ccc(Cl)cc1C(=O)Nc1nccs1. The van der Waals surface area contributed by atoms with Crippen molar-refractivity contribution in [3.8, 4) is 0 Å². The molecule has 0 bridgehead atoms. The summed E-state index contributed by atoms with van der Waals surface area (Å²) in [5.74, 6) is -0.219. The van der Waals surface area contributed by atoms with Crippen LogP contribution in [0, 0.1) is 0 Å². The topological polar surface area (TPSA) is 54.0 Å². The number of carbonyl (C=O) groups excluding carboxylic acids is 1. The van der Waals surface area contributed by atoms with Crippen molar-refractivity contribution in [2.45, 2.75) is 6.92 Å². The van der Waals surface area contributed by atoms with E-state index in [9.17, 15) is 4.79 Å². The molecule has 2 N–H and O–H groups in total. The van der Waals surface area contributed by atoms with E-state index < -0.39 is 0 Å². The van der Waals surface area contributed by atoms with E-state index in [2.05, 4.69) is 15.6 Å². The van der Waals surface area contributed by atoms with E-state index in [0.29, 0.717) is 15.7 Å². The van der Waals surface area contributed by atoms with Crippen molar-refractivity contribution in [2.75, 3.05) is 17.2 Å². The van der Waals surface area contributed by atoms with Crippen molar-refractivity contribution < 1.29 is 4.79 Å². The van der Waals surface area contributed by atoms with Crippen molar-refractivity contribution >= 4 is 39.7 Å². The summed E-state index contributed by atoms with van der Waals surface area (Å²) < 4.78 is 0. The van der Waals surface area contributed by atoms with E-state index in [-0.39, 0.29) is 5.91 Å². The highest BCUT2D eigenvalue weighted by Crippen LogP contribution is 2.22. The Morgan fingerprint density at radius 2 is 2.33 bits per heavy atom. The fourth-order valence-corrected chi connectivity index (χ4v) is 2.19. The van der Waals surface area contributed by atoms with E-state index in [0.717, 1.165) is 12.2 Å². The molecule has 0 saturated heterocycles. The summed E-state index contributed by atoms with van der Waals surface area (Å²) in [6.07, 6.45) is 1.64. The highest BCUT2D eigenvalue weighted by molar-refractivity contribution is 7.13. The summed E-state index contributed by atoms with van der Waals surface area (Å²) in [6.45, 7) is 2.70. The molecule has 4 nitrogen and oxygen atoms in total. The zero-order valence-corrected chi connectivity index (χ0v) is 11.3. The second-order valence-corrected chi connectivity index (χ2v) is 4.84. The van der Waals surface area contributed by atoms with Gasteiger partial charge in [0.2, 0.25) is 0 Å². The largest absolute Gasteiger partial charge is 0.385 e. The lowest BCUT2D eigenvalue weighted by Gasteiger charge is -2.10. The van der Waals surface area contributed by atoms with Crippen LogP contribution in [0.25, 0.3) is 0 Å². The lowest BCUT2D eigenvalue weighted by Crippen LogP contribution is -2.14. The Kier molecular flexibility index (Phi) is 4.17. The molecule has 1 aromatic heterocycles. The number of hydrogen-bond donors (Lipinski definition) is 2. The van der Waals surface area contributed by atoms with Gasteiger partial charge in [-0.2, -0.15) is 0 Å². The summed E-state index contributed by atoms with van der Waals surface area (Å²) in [5, 5.41) is 8.77. The van der Waals surface area contributed by atoms with E-state index in [1.54, 1.807) is 29.8 Å². The van der Waals surface area contributed by atoms with Gasteiger partial charge in [-0.1, -0.05) is 11.6 Å². The zero-order valence-electron chi connectivity index (χ0n) is 9.74. The monoisotopic (exact) mass is 281 g/mol. The Bertz CT molecular complexity index is 542. The number of nitrogens with zero attached hydrogens (tertiary/aromatic N) is 1. The van der Waals surface area contributed by atoms with Crippen LogP contribution in [0.3, 0.4) is 0 Å². The molecule has 0 atom stereocenters.